The number of carbonyl (C=O) groups is 2. The van der Waals surface area contributed by atoms with Crippen molar-refractivity contribution in [1.82, 2.24) is 9.55 Å². The van der Waals surface area contributed by atoms with Crippen molar-refractivity contribution in [2.24, 2.45) is 5.41 Å². The maximum Gasteiger partial charge on any atom is 0.255 e. The first-order valence-electron chi connectivity index (χ1n) is 10.5. The highest BCUT2D eigenvalue weighted by Crippen LogP contribution is 2.20. The Hall–Kier alpha value is -3.41. The van der Waals surface area contributed by atoms with E-state index in [1.807, 2.05) is 57.4 Å². The van der Waals surface area contributed by atoms with Crippen LogP contribution in [0.3, 0.4) is 0 Å². The number of hydrogen-bond donors (Lipinski definition) is 2. The van der Waals surface area contributed by atoms with Crippen LogP contribution < -0.4 is 10.6 Å². The van der Waals surface area contributed by atoms with Crippen LogP contribution in [0.25, 0.3) is 0 Å². The lowest BCUT2D eigenvalue weighted by molar-refractivity contribution is -0.123. The lowest BCUT2D eigenvalue weighted by Crippen LogP contribution is -2.27. The van der Waals surface area contributed by atoms with Gasteiger partial charge in [0.25, 0.3) is 5.91 Å². The van der Waals surface area contributed by atoms with Gasteiger partial charge >= 0.3 is 0 Å². The molecule has 1 heterocycles. The molecule has 0 radical (unpaired) electrons. The molecule has 0 bridgehead atoms. The van der Waals surface area contributed by atoms with Gasteiger partial charge in [0.05, 0.1) is 0 Å². The Kier molecular flexibility index (Phi) is 6.59. The zero-order valence-electron chi connectivity index (χ0n) is 18.8. The van der Waals surface area contributed by atoms with Crippen LogP contribution in [0.5, 0.6) is 0 Å². The van der Waals surface area contributed by atoms with E-state index in [4.69, 9.17) is 0 Å². The van der Waals surface area contributed by atoms with Crippen LogP contribution in [0.4, 0.5) is 11.4 Å². The van der Waals surface area contributed by atoms with Crippen molar-refractivity contribution >= 4 is 23.2 Å². The summed E-state index contributed by atoms with van der Waals surface area (Å²) in [5, 5.41) is 5.81. The second-order valence-corrected chi connectivity index (χ2v) is 9.01. The van der Waals surface area contributed by atoms with Crippen molar-refractivity contribution in [3.05, 3.63) is 77.9 Å². The summed E-state index contributed by atoms with van der Waals surface area (Å²) in [5.74, 6) is 1.04. The number of imidazole rings is 1. The topological polar surface area (TPSA) is 76.0 Å². The molecule has 0 atom stereocenters. The first kappa shape index (κ1) is 22.3. The molecule has 0 aliphatic heterocycles. The summed E-state index contributed by atoms with van der Waals surface area (Å²) in [6.07, 6.45) is 3.78. The van der Waals surface area contributed by atoms with Gasteiger partial charge in [0.2, 0.25) is 5.91 Å². The molecule has 0 unspecified atom stereocenters. The molecule has 31 heavy (non-hydrogen) atoms. The van der Waals surface area contributed by atoms with Crippen LogP contribution in [-0.4, -0.2) is 21.4 Å². The van der Waals surface area contributed by atoms with Gasteiger partial charge in [-0.1, -0.05) is 52.8 Å². The van der Waals surface area contributed by atoms with Crippen molar-refractivity contribution in [2.45, 2.75) is 47.1 Å². The molecule has 0 fully saturated rings. The van der Waals surface area contributed by atoms with Gasteiger partial charge in [-0.05, 0) is 35.9 Å². The van der Waals surface area contributed by atoms with Crippen LogP contribution in [0.15, 0.2) is 60.9 Å². The summed E-state index contributed by atoms with van der Waals surface area (Å²) in [6.45, 7) is 10.5. The van der Waals surface area contributed by atoms with E-state index >= 15 is 0 Å². The number of rotatable bonds is 6. The number of carbonyl (C=O) groups excluding carboxylic acids is 2. The first-order valence-corrected chi connectivity index (χ1v) is 10.5. The number of hydrogen-bond acceptors (Lipinski definition) is 3. The van der Waals surface area contributed by atoms with Crippen LogP contribution in [0.2, 0.25) is 0 Å². The van der Waals surface area contributed by atoms with Crippen molar-refractivity contribution in [2.75, 3.05) is 10.6 Å². The van der Waals surface area contributed by atoms with Gasteiger partial charge in [-0.15, -0.1) is 0 Å². The summed E-state index contributed by atoms with van der Waals surface area (Å²) in [5.41, 5.74) is 2.36. The Morgan fingerprint density at radius 1 is 1.00 bits per heavy atom. The van der Waals surface area contributed by atoms with Gasteiger partial charge in [-0.3, -0.25) is 9.59 Å². The highest BCUT2D eigenvalue weighted by Gasteiger charge is 2.21. The number of nitrogens with one attached hydrogen (secondary N) is 2. The van der Waals surface area contributed by atoms with Gasteiger partial charge in [0.1, 0.15) is 5.82 Å². The quantitative estimate of drug-likeness (QED) is 0.571. The minimum atomic E-state index is -0.511. The molecule has 6 nitrogen and oxygen atoms in total. The standard InChI is InChI=1S/C25H30N4O2/c1-17(2)22-26-12-13-29(22)16-18-8-6-10-20(14-18)27-23(30)19-9-7-11-21(15-19)28-24(31)25(3,4)5/h6-15,17H,16H2,1-5H3,(H,27,30)(H,28,31). The lowest BCUT2D eigenvalue weighted by Gasteiger charge is -2.18. The monoisotopic (exact) mass is 418 g/mol. The number of amides is 2. The van der Waals surface area contributed by atoms with Crippen molar-refractivity contribution in [3.8, 4) is 0 Å². The molecular weight excluding hydrogens is 388 g/mol. The highest BCUT2D eigenvalue weighted by atomic mass is 16.2. The molecule has 0 aliphatic carbocycles. The molecule has 0 aliphatic rings. The predicted octanol–water partition coefficient (Wildman–Crippen LogP) is 5.29. The molecule has 162 valence electrons. The smallest absolute Gasteiger partial charge is 0.255 e. The van der Waals surface area contributed by atoms with Crippen LogP contribution in [-0.2, 0) is 11.3 Å². The Balaban J connectivity index is 1.71. The summed E-state index contributed by atoms with van der Waals surface area (Å²) in [7, 11) is 0. The normalized spacial score (nSPS) is 11.4. The van der Waals surface area contributed by atoms with E-state index in [-0.39, 0.29) is 11.8 Å². The molecule has 3 rings (SSSR count). The summed E-state index contributed by atoms with van der Waals surface area (Å²) >= 11 is 0. The van der Waals surface area contributed by atoms with Gasteiger partial charge in [-0.2, -0.15) is 0 Å². The fourth-order valence-electron chi connectivity index (χ4n) is 3.16. The SMILES string of the molecule is CC(C)c1nccn1Cc1cccc(NC(=O)c2cccc(NC(=O)C(C)(C)C)c2)c1. The van der Waals surface area contributed by atoms with E-state index in [2.05, 4.69) is 34.0 Å². The summed E-state index contributed by atoms with van der Waals surface area (Å²) < 4.78 is 2.12. The maximum atomic E-state index is 12.8. The molecule has 2 N–H and O–H groups in total. The van der Waals surface area contributed by atoms with Crippen molar-refractivity contribution in [3.63, 3.8) is 0 Å². The average Bonchev–Trinajstić information content (AvgIpc) is 3.16. The minimum absolute atomic E-state index is 0.0990. The van der Waals surface area contributed by atoms with Crippen LogP contribution >= 0.6 is 0 Å². The first-order chi connectivity index (χ1) is 14.6. The highest BCUT2D eigenvalue weighted by molar-refractivity contribution is 6.05. The van der Waals surface area contributed by atoms with Crippen molar-refractivity contribution < 1.29 is 9.59 Å². The maximum absolute atomic E-state index is 12.8. The van der Waals surface area contributed by atoms with Crippen molar-refractivity contribution in [1.29, 1.82) is 0 Å². The second-order valence-electron chi connectivity index (χ2n) is 9.01. The number of nitrogens with zero attached hydrogens (tertiary/aromatic N) is 2. The largest absolute Gasteiger partial charge is 0.330 e. The minimum Gasteiger partial charge on any atom is -0.330 e. The Labute approximate surface area is 183 Å². The van der Waals surface area contributed by atoms with E-state index in [1.54, 1.807) is 24.3 Å². The third kappa shape index (κ3) is 5.81. The fourth-order valence-corrected chi connectivity index (χ4v) is 3.16. The van der Waals surface area contributed by atoms with Gasteiger partial charge in [0.15, 0.2) is 0 Å². The van der Waals surface area contributed by atoms with Crippen LogP contribution in [0, 0.1) is 5.41 Å². The Bertz CT molecular complexity index is 1080. The summed E-state index contributed by atoms with van der Waals surface area (Å²) in [4.78, 5) is 29.4. The molecule has 2 aromatic carbocycles. The molecule has 0 saturated heterocycles. The molecule has 6 heteroatoms. The average molecular weight is 419 g/mol. The van der Waals surface area contributed by atoms with Gasteiger partial charge in [-0.25, -0.2) is 4.98 Å². The van der Waals surface area contributed by atoms with E-state index < -0.39 is 5.41 Å². The third-order valence-electron chi connectivity index (χ3n) is 4.87. The number of anilines is 2. The molecule has 0 spiro atoms. The second kappa shape index (κ2) is 9.16. The third-order valence-corrected chi connectivity index (χ3v) is 4.87. The predicted molar refractivity (Wildman–Crippen MR) is 124 cm³/mol. The van der Waals surface area contributed by atoms with Crippen LogP contribution in [0.1, 0.15) is 62.3 Å². The Morgan fingerprint density at radius 3 is 2.35 bits per heavy atom. The number of benzene rings is 2. The van der Waals surface area contributed by atoms with E-state index in [0.29, 0.717) is 23.7 Å². The zero-order valence-corrected chi connectivity index (χ0v) is 18.8. The van der Waals surface area contributed by atoms with Gasteiger partial charge in [0, 0.05) is 47.2 Å². The lowest BCUT2D eigenvalue weighted by atomic mass is 9.95. The zero-order chi connectivity index (χ0) is 22.6. The van der Waals surface area contributed by atoms with E-state index in [1.165, 1.54) is 0 Å². The molecule has 2 amide bonds. The molecule has 3 aromatic rings. The van der Waals surface area contributed by atoms with E-state index in [0.717, 1.165) is 17.1 Å². The molecule has 0 saturated carbocycles. The Morgan fingerprint density at radius 2 is 1.68 bits per heavy atom. The molecular formula is C25H30N4O2. The molecule has 1 aromatic heterocycles. The fraction of sp³-hybridized carbons (Fsp3) is 0.320. The summed E-state index contributed by atoms with van der Waals surface area (Å²) in [6, 6.07) is 14.7. The van der Waals surface area contributed by atoms with E-state index in [9.17, 15) is 9.59 Å². The number of aromatic nitrogens is 2. The van der Waals surface area contributed by atoms with Gasteiger partial charge < -0.3 is 15.2 Å².